The first-order valence-corrected chi connectivity index (χ1v) is 10.7. The van der Waals surface area contributed by atoms with E-state index in [9.17, 15) is 13.2 Å². The second kappa shape index (κ2) is 7.77. The Morgan fingerprint density at radius 3 is 2.70 bits per heavy atom. The number of carbonyl (C=O) groups is 1. The number of aryl methyl sites for hydroxylation is 1. The molecule has 3 N–H and O–H groups in total. The van der Waals surface area contributed by atoms with E-state index in [-0.39, 0.29) is 17.3 Å². The van der Waals surface area contributed by atoms with Gasteiger partial charge in [-0.15, -0.1) is 11.3 Å². The van der Waals surface area contributed by atoms with E-state index in [1.54, 1.807) is 30.4 Å². The molecule has 6 nitrogen and oxygen atoms in total. The second-order valence-electron chi connectivity index (χ2n) is 6.50. The van der Waals surface area contributed by atoms with Crippen LogP contribution in [-0.2, 0) is 21.4 Å². The highest BCUT2D eigenvalue weighted by atomic mass is 32.2. The molecule has 0 spiro atoms. The number of nitrogens with one attached hydrogen (secondary N) is 1. The normalized spacial score (nSPS) is 11.9. The Balaban J connectivity index is 1.65. The fourth-order valence-electron chi connectivity index (χ4n) is 2.93. The molecule has 27 heavy (non-hydrogen) atoms. The first-order chi connectivity index (χ1) is 12.7. The van der Waals surface area contributed by atoms with Crippen molar-refractivity contribution in [1.82, 2.24) is 4.90 Å². The number of primary sulfonamides is 1. The van der Waals surface area contributed by atoms with Crippen molar-refractivity contribution in [2.24, 2.45) is 5.14 Å². The Labute approximate surface area is 162 Å². The lowest BCUT2D eigenvalue weighted by atomic mass is 10.2. The van der Waals surface area contributed by atoms with E-state index < -0.39 is 10.0 Å². The van der Waals surface area contributed by atoms with E-state index in [4.69, 9.17) is 5.14 Å². The lowest BCUT2D eigenvalue weighted by molar-refractivity contribution is -0.117. The maximum atomic E-state index is 12.3. The lowest BCUT2D eigenvalue weighted by Gasteiger charge is -2.16. The molecule has 0 bridgehead atoms. The summed E-state index contributed by atoms with van der Waals surface area (Å²) in [6.07, 6.45) is 0. The fraction of sp³-hybridized carbons (Fsp3) is 0.211. The first kappa shape index (κ1) is 19.5. The SMILES string of the molecule is Cc1ccc(NC(=O)CN(C)Cc2csc3ccccc23)cc1S(N)(=O)=O. The molecule has 0 radical (unpaired) electrons. The molecule has 2 aromatic carbocycles. The highest BCUT2D eigenvalue weighted by Crippen LogP contribution is 2.26. The van der Waals surface area contributed by atoms with E-state index in [1.165, 1.54) is 21.7 Å². The van der Waals surface area contributed by atoms with Crippen molar-refractivity contribution >= 4 is 43.0 Å². The van der Waals surface area contributed by atoms with E-state index in [0.717, 1.165) is 0 Å². The van der Waals surface area contributed by atoms with Crippen molar-refractivity contribution in [3.05, 3.63) is 59.0 Å². The van der Waals surface area contributed by atoms with Gasteiger partial charge in [-0.25, -0.2) is 13.6 Å². The van der Waals surface area contributed by atoms with Crippen LogP contribution in [0.5, 0.6) is 0 Å². The number of fused-ring (bicyclic) bond motifs is 1. The topological polar surface area (TPSA) is 92.5 Å². The fourth-order valence-corrected chi connectivity index (χ4v) is 4.69. The third kappa shape index (κ3) is 4.72. The van der Waals surface area contributed by atoms with Crippen LogP contribution in [0.2, 0.25) is 0 Å². The summed E-state index contributed by atoms with van der Waals surface area (Å²) in [5, 5.41) is 11.3. The Hall–Kier alpha value is -2.26. The molecule has 3 rings (SSSR count). The minimum absolute atomic E-state index is 0.0124. The van der Waals surface area contributed by atoms with Gasteiger partial charge in [0.1, 0.15) is 0 Å². The van der Waals surface area contributed by atoms with Crippen molar-refractivity contribution in [2.45, 2.75) is 18.4 Å². The minimum Gasteiger partial charge on any atom is -0.325 e. The molecule has 0 saturated heterocycles. The Morgan fingerprint density at radius 1 is 1.22 bits per heavy atom. The lowest BCUT2D eigenvalue weighted by Crippen LogP contribution is -2.29. The summed E-state index contributed by atoms with van der Waals surface area (Å²) < 4.78 is 24.4. The number of nitrogens with two attached hydrogens (primary N) is 1. The van der Waals surface area contributed by atoms with Crippen LogP contribution in [0.3, 0.4) is 0 Å². The number of anilines is 1. The van der Waals surface area contributed by atoms with E-state index in [0.29, 0.717) is 17.8 Å². The number of hydrogen-bond acceptors (Lipinski definition) is 5. The minimum atomic E-state index is -3.83. The van der Waals surface area contributed by atoms with E-state index in [2.05, 4.69) is 22.8 Å². The summed E-state index contributed by atoms with van der Waals surface area (Å²) in [5.74, 6) is -0.221. The zero-order valence-corrected chi connectivity index (χ0v) is 16.7. The number of hydrogen-bond donors (Lipinski definition) is 2. The van der Waals surface area contributed by atoms with Gasteiger partial charge < -0.3 is 5.32 Å². The number of likely N-dealkylation sites (N-methyl/N-ethyl adjacent to an activating group) is 1. The third-order valence-electron chi connectivity index (χ3n) is 4.19. The van der Waals surface area contributed by atoms with E-state index >= 15 is 0 Å². The number of sulfonamides is 1. The maximum Gasteiger partial charge on any atom is 0.238 e. The van der Waals surface area contributed by atoms with Crippen LogP contribution in [0.1, 0.15) is 11.1 Å². The van der Waals surface area contributed by atoms with Crippen molar-refractivity contribution < 1.29 is 13.2 Å². The number of carbonyl (C=O) groups excluding carboxylic acids is 1. The van der Waals surface area contributed by atoms with Crippen LogP contribution in [0.25, 0.3) is 10.1 Å². The third-order valence-corrected chi connectivity index (χ3v) is 6.26. The summed E-state index contributed by atoms with van der Waals surface area (Å²) in [4.78, 5) is 14.3. The van der Waals surface area contributed by atoms with Crippen LogP contribution < -0.4 is 10.5 Å². The molecule has 142 valence electrons. The number of rotatable bonds is 6. The summed E-state index contributed by atoms with van der Waals surface area (Å²) >= 11 is 1.69. The van der Waals surface area contributed by atoms with Gasteiger partial charge in [0.2, 0.25) is 15.9 Å². The van der Waals surface area contributed by atoms with Crippen molar-refractivity contribution in [2.75, 3.05) is 18.9 Å². The number of thiophene rings is 1. The summed E-state index contributed by atoms with van der Waals surface area (Å²) in [6, 6.07) is 12.8. The standard InChI is InChI=1S/C19H21N3O3S2/c1-13-7-8-15(9-18(13)27(20,24)25)21-19(23)11-22(2)10-14-12-26-17-6-4-3-5-16(14)17/h3-9,12H,10-11H2,1-2H3,(H,21,23)(H2,20,24,25). The summed E-state index contributed by atoms with van der Waals surface area (Å²) in [5.41, 5.74) is 2.12. The number of amides is 1. The van der Waals surface area contributed by atoms with Gasteiger partial charge in [0.25, 0.3) is 0 Å². The molecule has 1 aromatic heterocycles. The number of nitrogens with zero attached hydrogens (tertiary/aromatic N) is 1. The zero-order chi connectivity index (χ0) is 19.6. The van der Waals surface area contributed by atoms with Gasteiger partial charge in [-0.3, -0.25) is 9.69 Å². The Bertz CT molecular complexity index is 1090. The van der Waals surface area contributed by atoms with Crippen LogP contribution in [0.4, 0.5) is 5.69 Å². The molecule has 1 heterocycles. The smallest absolute Gasteiger partial charge is 0.238 e. The molecule has 0 fully saturated rings. The van der Waals surface area contributed by atoms with Gasteiger partial charge in [-0.1, -0.05) is 24.3 Å². The molecule has 0 unspecified atom stereocenters. The molecule has 1 amide bonds. The molecule has 3 aromatic rings. The molecular weight excluding hydrogens is 382 g/mol. The predicted molar refractivity (Wildman–Crippen MR) is 109 cm³/mol. The highest BCUT2D eigenvalue weighted by Gasteiger charge is 2.14. The monoisotopic (exact) mass is 403 g/mol. The average molecular weight is 404 g/mol. The largest absolute Gasteiger partial charge is 0.325 e. The van der Waals surface area contributed by atoms with Crippen LogP contribution in [-0.4, -0.2) is 32.8 Å². The van der Waals surface area contributed by atoms with Crippen molar-refractivity contribution in [3.63, 3.8) is 0 Å². The molecule has 0 atom stereocenters. The predicted octanol–water partition coefficient (Wildman–Crippen LogP) is 2.93. The maximum absolute atomic E-state index is 12.3. The molecule has 0 saturated carbocycles. The molecule has 0 aliphatic heterocycles. The highest BCUT2D eigenvalue weighted by molar-refractivity contribution is 7.89. The summed E-state index contributed by atoms with van der Waals surface area (Å²) in [6.45, 7) is 2.49. The van der Waals surface area contributed by atoms with Gasteiger partial charge in [0.05, 0.1) is 11.4 Å². The van der Waals surface area contributed by atoms with Crippen molar-refractivity contribution in [3.8, 4) is 0 Å². The van der Waals surface area contributed by atoms with Gasteiger partial charge in [-0.2, -0.15) is 0 Å². The van der Waals surface area contributed by atoms with Gasteiger partial charge in [0.15, 0.2) is 0 Å². The summed E-state index contributed by atoms with van der Waals surface area (Å²) in [7, 11) is -1.96. The quantitative estimate of drug-likeness (QED) is 0.662. The van der Waals surface area contributed by atoms with Crippen LogP contribution in [0.15, 0.2) is 52.7 Å². The molecule has 0 aliphatic rings. The Kier molecular flexibility index (Phi) is 5.61. The van der Waals surface area contributed by atoms with Crippen molar-refractivity contribution in [1.29, 1.82) is 0 Å². The molecule has 8 heteroatoms. The van der Waals surface area contributed by atoms with Gasteiger partial charge in [0, 0.05) is 16.9 Å². The van der Waals surface area contributed by atoms with E-state index in [1.807, 2.05) is 24.1 Å². The zero-order valence-electron chi connectivity index (χ0n) is 15.1. The first-order valence-electron chi connectivity index (χ1n) is 8.31. The van der Waals surface area contributed by atoms with Gasteiger partial charge in [-0.05, 0) is 54.1 Å². The Morgan fingerprint density at radius 2 is 1.96 bits per heavy atom. The molecular formula is C19H21N3O3S2. The van der Waals surface area contributed by atoms with Crippen LogP contribution >= 0.6 is 11.3 Å². The average Bonchev–Trinajstić information content (AvgIpc) is 2.98. The second-order valence-corrected chi connectivity index (χ2v) is 8.94. The number of benzene rings is 2. The molecule has 0 aliphatic carbocycles. The van der Waals surface area contributed by atoms with Crippen LogP contribution in [0, 0.1) is 6.92 Å². The van der Waals surface area contributed by atoms with Gasteiger partial charge >= 0.3 is 0 Å².